The number of aromatic nitrogens is 1. The van der Waals surface area contributed by atoms with Crippen molar-refractivity contribution in [1.82, 2.24) is 4.98 Å². The Kier molecular flexibility index (Phi) is 6.75. The van der Waals surface area contributed by atoms with Crippen LogP contribution in [0.3, 0.4) is 0 Å². The summed E-state index contributed by atoms with van der Waals surface area (Å²) < 4.78 is 113. The minimum atomic E-state index is -5.21. The minimum absolute atomic E-state index is 0.112. The average Bonchev–Trinajstić information content (AvgIpc) is 2.80. The number of nitrogens with one attached hydrogen (secondary N) is 1. The van der Waals surface area contributed by atoms with Crippen LogP contribution in [0.5, 0.6) is 11.5 Å². The maximum Gasteiger partial charge on any atom is 0.295 e. The number of rotatable bonds is 7. The molecule has 202 valence electrons. The number of aryl methyl sites for hydroxylation is 1. The van der Waals surface area contributed by atoms with Crippen molar-refractivity contribution < 1.29 is 48.4 Å². The first-order valence-electron chi connectivity index (χ1n) is 10.4. The van der Waals surface area contributed by atoms with Crippen LogP contribution in [0.4, 0.5) is 11.4 Å². The number of hydrogen-bond acceptors (Lipinski definition) is 10. The van der Waals surface area contributed by atoms with Crippen LogP contribution in [-0.4, -0.2) is 58.1 Å². The molecule has 0 spiro atoms. The summed E-state index contributed by atoms with van der Waals surface area (Å²) in [6, 6.07) is 7.94. The molecule has 3 aromatic carbocycles. The molecule has 0 saturated heterocycles. The molecule has 16 heteroatoms. The van der Waals surface area contributed by atoms with Gasteiger partial charge in [-0.3, -0.25) is 13.7 Å². The Labute approximate surface area is 217 Å². The van der Waals surface area contributed by atoms with E-state index in [9.17, 15) is 38.9 Å². The number of hydrogen-bond donors (Lipinski definition) is 4. The summed E-state index contributed by atoms with van der Waals surface area (Å²) in [5.74, 6) is 0.730. The topological polar surface area (TPSA) is 206 Å². The quantitative estimate of drug-likeness (QED) is 0.230. The molecular formula is C22H20N2O11S3. The normalized spacial score (nSPS) is 12.6. The maximum atomic E-state index is 12.3. The van der Waals surface area contributed by atoms with Gasteiger partial charge in [0.25, 0.3) is 30.4 Å². The van der Waals surface area contributed by atoms with Gasteiger partial charge in [-0.25, -0.2) is 4.98 Å². The zero-order valence-corrected chi connectivity index (χ0v) is 22.3. The second-order valence-electron chi connectivity index (χ2n) is 8.01. The summed E-state index contributed by atoms with van der Waals surface area (Å²) in [6.07, 6.45) is 0. The fourth-order valence-corrected chi connectivity index (χ4v) is 6.11. The number of benzene rings is 3. The Hall–Kier alpha value is -3.54. The fraction of sp³-hybridized carbons (Fsp3) is 0.136. The summed E-state index contributed by atoms with van der Waals surface area (Å²) >= 11 is 0. The molecular weight excluding hydrogens is 564 g/mol. The number of pyridine rings is 1. The molecule has 0 unspecified atom stereocenters. The monoisotopic (exact) mass is 584 g/mol. The molecule has 0 aliphatic carbocycles. The van der Waals surface area contributed by atoms with Gasteiger partial charge in [-0.2, -0.15) is 25.3 Å². The van der Waals surface area contributed by atoms with E-state index in [1.54, 1.807) is 25.1 Å². The Morgan fingerprint density at radius 2 is 1.32 bits per heavy atom. The smallest absolute Gasteiger partial charge is 0.295 e. The third-order valence-corrected chi connectivity index (χ3v) is 8.21. The SMILES string of the molecule is COc1ccc(OC)c2c(Nc3ccc(S(=O)(=O)O)c4cc(S(=O)(=O)O)cc(S(=O)(=O)O)c34)cc(C)nc12. The number of methoxy groups -OCH3 is 2. The summed E-state index contributed by atoms with van der Waals surface area (Å²) in [5.41, 5.74) is 1.05. The van der Waals surface area contributed by atoms with Gasteiger partial charge in [0.15, 0.2) is 0 Å². The van der Waals surface area contributed by atoms with Crippen molar-refractivity contribution in [1.29, 1.82) is 0 Å². The molecule has 0 radical (unpaired) electrons. The van der Waals surface area contributed by atoms with E-state index < -0.39 is 55.8 Å². The van der Waals surface area contributed by atoms with Crippen LogP contribution >= 0.6 is 0 Å². The van der Waals surface area contributed by atoms with Crippen molar-refractivity contribution in [2.75, 3.05) is 19.5 Å². The predicted octanol–water partition coefficient (Wildman–Crippen LogP) is 3.20. The van der Waals surface area contributed by atoms with Crippen molar-refractivity contribution >= 4 is 63.4 Å². The molecule has 1 heterocycles. The molecule has 0 atom stereocenters. The number of fused-ring (bicyclic) bond motifs is 2. The average molecular weight is 585 g/mol. The second kappa shape index (κ2) is 9.33. The van der Waals surface area contributed by atoms with Gasteiger partial charge in [-0.05, 0) is 49.4 Å². The number of anilines is 2. The Morgan fingerprint density at radius 1 is 0.711 bits per heavy atom. The summed E-state index contributed by atoms with van der Waals surface area (Å²) in [5, 5.41) is 2.26. The molecule has 13 nitrogen and oxygen atoms in total. The largest absolute Gasteiger partial charge is 0.496 e. The predicted molar refractivity (Wildman–Crippen MR) is 136 cm³/mol. The van der Waals surface area contributed by atoms with Gasteiger partial charge in [0.05, 0.1) is 30.2 Å². The first-order valence-corrected chi connectivity index (χ1v) is 14.7. The molecule has 0 amide bonds. The van der Waals surface area contributed by atoms with Crippen LogP contribution in [0.1, 0.15) is 5.69 Å². The van der Waals surface area contributed by atoms with Crippen molar-refractivity contribution in [3.63, 3.8) is 0 Å². The molecule has 0 fully saturated rings. The molecule has 1 aromatic heterocycles. The van der Waals surface area contributed by atoms with Gasteiger partial charge in [0, 0.05) is 22.2 Å². The third-order valence-electron chi connectivity index (χ3n) is 5.59. The van der Waals surface area contributed by atoms with Crippen molar-refractivity contribution in [2.24, 2.45) is 0 Å². The molecule has 0 saturated carbocycles. The van der Waals surface area contributed by atoms with Crippen LogP contribution < -0.4 is 14.8 Å². The lowest BCUT2D eigenvalue weighted by molar-refractivity contribution is 0.410. The van der Waals surface area contributed by atoms with E-state index in [0.717, 1.165) is 12.1 Å². The highest BCUT2D eigenvalue weighted by molar-refractivity contribution is 7.87. The molecule has 38 heavy (non-hydrogen) atoms. The van der Waals surface area contributed by atoms with Gasteiger partial charge in [0.2, 0.25) is 0 Å². The van der Waals surface area contributed by atoms with Crippen molar-refractivity contribution in [2.45, 2.75) is 21.6 Å². The Bertz CT molecular complexity index is 1950. The van der Waals surface area contributed by atoms with Gasteiger partial charge in [-0.1, -0.05) is 0 Å². The van der Waals surface area contributed by atoms with Crippen molar-refractivity contribution in [3.05, 3.63) is 48.2 Å². The van der Waals surface area contributed by atoms with Gasteiger partial charge >= 0.3 is 0 Å². The van der Waals surface area contributed by atoms with E-state index in [-0.39, 0.29) is 5.69 Å². The minimum Gasteiger partial charge on any atom is -0.496 e. The summed E-state index contributed by atoms with van der Waals surface area (Å²) in [6.45, 7) is 1.67. The fourth-order valence-electron chi connectivity index (χ4n) is 4.07. The second-order valence-corrected chi connectivity index (χ2v) is 12.2. The number of nitrogens with zero attached hydrogens (tertiary/aromatic N) is 1. The number of ether oxygens (including phenoxy) is 2. The van der Waals surface area contributed by atoms with E-state index in [4.69, 9.17) is 9.47 Å². The van der Waals surface area contributed by atoms with Crippen LogP contribution in [0.25, 0.3) is 21.7 Å². The van der Waals surface area contributed by atoms with Gasteiger partial charge in [0.1, 0.15) is 26.8 Å². The zero-order chi connectivity index (χ0) is 28.2. The Balaban J connectivity index is 2.17. The third kappa shape index (κ3) is 4.96. The highest BCUT2D eigenvalue weighted by Crippen LogP contribution is 2.42. The van der Waals surface area contributed by atoms with Gasteiger partial charge < -0.3 is 14.8 Å². The van der Waals surface area contributed by atoms with Crippen LogP contribution in [0.15, 0.2) is 57.2 Å². The van der Waals surface area contributed by atoms with Gasteiger partial charge in [-0.15, -0.1) is 0 Å². The summed E-state index contributed by atoms with van der Waals surface area (Å²) in [4.78, 5) is 1.52. The summed E-state index contributed by atoms with van der Waals surface area (Å²) in [7, 11) is -12.5. The van der Waals surface area contributed by atoms with E-state index in [1.807, 2.05) is 0 Å². The Morgan fingerprint density at radius 3 is 1.87 bits per heavy atom. The van der Waals surface area contributed by atoms with E-state index >= 15 is 0 Å². The molecule has 0 aliphatic heterocycles. The first kappa shape index (κ1) is 27.5. The van der Waals surface area contributed by atoms with E-state index in [2.05, 4.69) is 10.3 Å². The highest BCUT2D eigenvalue weighted by atomic mass is 32.2. The highest BCUT2D eigenvalue weighted by Gasteiger charge is 2.27. The molecule has 4 N–H and O–H groups in total. The lowest BCUT2D eigenvalue weighted by atomic mass is 10.1. The van der Waals surface area contributed by atoms with Crippen LogP contribution in [0.2, 0.25) is 0 Å². The first-order chi connectivity index (χ1) is 17.6. The van der Waals surface area contributed by atoms with Crippen molar-refractivity contribution in [3.8, 4) is 11.5 Å². The zero-order valence-electron chi connectivity index (χ0n) is 19.8. The standard InChI is InChI=1S/C22H20N2O11S3/c1-11-8-15(21-16(34-2)5-6-17(35-3)22(21)23-11)24-14-4-7-18(37(28,29)30)13-9-12(36(25,26)27)10-19(20(13)14)38(31,32)33/h4-10H,1-3H3,(H,23,24)(H,25,26,27)(H,28,29,30)(H,31,32,33). The van der Waals surface area contributed by atoms with E-state index in [1.165, 1.54) is 14.2 Å². The maximum absolute atomic E-state index is 12.3. The van der Waals surface area contributed by atoms with Crippen LogP contribution in [-0.2, 0) is 30.4 Å². The van der Waals surface area contributed by atoms with E-state index in [0.29, 0.717) is 45.9 Å². The van der Waals surface area contributed by atoms with Crippen LogP contribution in [0, 0.1) is 6.92 Å². The lowest BCUT2D eigenvalue weighted by Crippen LogP contribution is -2.08. The molecule has 4 rings (SSSR count). The molecule has 0 aliphatic rings. The molecule has 0 bridgehead atoms. The molecule has 4 aromatic rings. The lowest BCUT2D eigenvalue weighted by Gasteiger charge is -2.18.